The van der Waals surface area contributed by atoms with Crippen molar-refractivity contribution >= 4 is 33.8 Å². The zero-order valence-electron chi connectivity index (χ0n) is 10.3. The summed E-state index contributed by atoms with van der Waals surface area (Å²) in [4.78, 5) is 11.1. The van der Waals surface area contributed by atoms with Gasteiger partial charge >= 0.3 is 0 Å². The lowest BCUT2D eigenvalue weighted by molar-refractivity contribution is 0.111. The van der Waals surface area contributed by atoms with Gasteiger partial charge in [-0.05, 0) is 11.6 Å². The molecule has 2 rings (SSSR count). The summed E-state index contributed by atoms with van der Waals surface area (Å²) in [6.07, 6.45) is 0.709. The second-order valence-electron chi connectivity index (χ2n) is 3.95. The number of halogens is 2. The Morgan fingerprint density at radius 2 is 2.21 bits per heavy atom. The fourth-order valence-corrected chi connectivity index (χ4v) is 2.42. The second kappa shape index (κ2) is 6.32. The van der Waals surface area contributed by atoms with Crippen molar-refractivity contribution in [3.05, 3.63) is 50.7 Å². The Morgan fingerprint density at radius 1 is 1.47 bits per heavy atom. The zero-order chi connectivity index (χ0) is 13.8. The summed E-state index contributed by atoms with van der Waals surface area (Å²) in [5.74, 6) is 0. The standard InChI is InChI=1S/C13H12BrClN2O2/c1-19-8-12-10(7-18)13(15)17(16-12)6-9-4-2-3-5-11(9)14/h2-5,7H,6,8H2,1H3. The first-order valence-corrected chi connectivity index (χ1v) is 6.77. The van der Waals surface area contributed by atoms with Gasteiger partial charge in [-0.1, -0.05) is 45.7 Å². The molecule has 0 aliphatic rings. The summed E-state index contributed by atoms with van der Waals surface area (Å²) in [5.41, 5.74) is 1.97. The van der Waals surface area contributed by atoms with E-state index in [-0.39, 0.29) is 6.61 Å². The monoisotopic (exact) mass is 342 g/mol. The molecule has 0 aliphatic heterocycles. The van der Waals surface area contributed by atoms with Gasteiger partial charge in [-0.25, -0.2) is 4.68 Å². The van der Waals surface area contributed by atoms with Crippen LogP contribution in [0.4, 0.5) is 0 Å². The highest BCUT2D eigenvalue weighted by Gasteiger charge is 2.16. The quantitative estimate of drug-likeness (QED) is 0.782. The van der Waals surface area contributed by atoms with Crippen LogP contribution in [0.15, 0.2) is 28.7 Å². The predicted octanol–water partition coefficient (Wildman–Crippen LogP) is 3.31. The summed E-state index contributed by atoms with van der Waals surface area (Å²) >= 11 is 9.64. The summed E-state index contributed by atoms with van der Waals surface area (Å²) in [7, 11) is 1.55. The Labute approximate surface area is 124 Å². The van der Waals surface area contributed by atoms with Crippen LogP contribution in [-0.2, 0) is 17.9 Å². The van der Waals surface area contributed by atoms with E-state index in [1.165, 1.54) is 0 Å². The van der Waals surface area contributed by atoms with Gasteiger partial charge in [0.2, 0.25) is 0 Å². The van der Waals surface area contributed by atoms with Crippen LogP contribution in [0.25, 0.3) is 0 Å². The molecule has 0 saturated heterocycles. The van der Waals surface area contributed by atoms with Crippen LogP contribution < -0.4 is 0 Å². The Bertz CT molecular complexity index is 598. The maximum atomic E-state index is 11.1. The largest absolute Gasteiger partial charge is 0.378 e. The highest BCUT2D eigenvalue weighted by atomic mass is 79.9. The molecule has 0 fully saturated rings. The molecule has 0 N–H and O–H groups in total. The molecule has 0 unspecified atom stereocenters. The number of rotatable bonds is 5. The normalized spacial score (nSPS) is 10.7. The van der Waals surface area contributed by atoms with E-state index in [2.05, 4.69) is 21.0 Å². The lowest BCUT2D eigenvalue weighted by atomic mass is 10.2. The van der Waals surface area contributed by atoms with Crippen LogP contribution in [0.2, 0.25) is 5.15 Å². The molecule has 1 heterocycles. The van der Waals surface area contributed by atoms with Crippen LogP contribution in [0, 0.1) is 0 Å². The summed E-state index contributed by atoms with van der Waals surface area (Å²) < 4.78 is 7.58. The van der Waals surface area contributed by atoms with Crippen molar-refractivity contribution in [3.8, 4) is 0 Å². The number of ether oxygens (including phenoxy) is 1. The first-order chi connectivity index (χ1) is 9.17. The van der Waals surface area contributed by atoms with E-state index >= 15 is 0 Å². The van der Waals surface area contributed by atoms with E-state index in [1.807, 2.05) is 24.3 Å². The highest BCUT2D eigenvalue weighted by molar-refractivity contribution is 9.10. The predicted molar refractivity (Wildman–Crippen MR) is 76.6 cm³/mol. The first-order valence-electron chi connectivity index (χ1n) is 5.60. The van der Waals surface area contributed by atoms with Crippen molar-refractivity contribution in [2.45, 2.75) is 13.2 Å². The first kappa shape index (κ1) is 14.2. The number of carbonyl (C=O) groups is 1. The molecule has 0 saturated carbocycles. The van der Waals surface area contributed by atoms with Gasteiger partial charge in [0.15, 0.2) is 6.29 Å². The molecule has 1 aromatic heterocycles. The van der Waals surface area contributed by atoms with E-state index < -0.39 is 0 Å². The molecule has 2 aromatic rings. The van der Waals surface area contributed by atoms with Crippen LogP contribution in [0.3, 0.4) is 0 Å². The maximum Gasteiger partial charge on any atom is 0.155 e. The minimum atomic E-state index is 0.261. The molecule has 0 amide bonds. The number of hydrogen-bond donors (Lipinski definition) is 0. The number of methoxy groups -OCH3 is 1. The lowest BCUT2D eigenvalue weighted by Crippen LogP contribution is -2.03. The Morgan fingerprint density at radius 3 is 2.84 bits per heavy atom. The van der Waals surface area contributed by atoms with E-state index in [9.17, 15) is 4.79 Å². The third-order valence-corrected chi connectivity index (χ3v) is 3.85. The Balaban J connectivity index is 2.36. The third kappa shape index (κ3) is 3.05. The molecular formula is C13H12BrClN2O2. The Hall–Kier alpha value is -1.17. The zero-order valence-corrected chi connectivity index (χ0v) is 12.6. The molecule has 0 spiro atoms. The smallest absolute Gasteiger partial charge is 0.155 e. The number of carbonyl (C=O) groups excluding carboxylic acids is 1. The van der Waals surface area contributed by atoms with E-state index in [0.717, 1.165) is 10.0 Å². The van der Waals surface area contributed by atoms with Gasteiger partial charge in [0.05, 0.1) is 18.7 Å². The SMILES string of the molecule is COCc1nn(Cc2ccccc2Br)c(Cl)c1C=O. The number of hydrogen-bond acceptors (Lipinski definition) is 3. The van der Waals surface area contributed by atoms with Gasteiger partial charge in [-0.15, -0.1) is 0 Å². The van der Waals surface area contributed by atoms with Gasteiger partial charge < -0.3 is 4.74 Å². The van der Waals surface area contributed by atoms with Crippen molar-refractivity contribution in [1.82, 2.24) is 9.78 Å². The van der Waals surface area contributed by atoms with Gasteiger partial charge in [-0.3, -0.25) is 4.79 Å². The fraction of sp³-hybridized carbons (Fsp3) is 0.231. The van der Waals surface area contributed by atoms with E-state index in [4.69, 9.17) is 16.3 Å². The molecule has 6 heteroatoms. The van der Waals surface area contributed by atoms with Crippen molar-refractivity contribution in [1.29, 1.82) is 0 Å². The summed E-state index contributed by atoms with van der Waals surface area (Å²) in [6.45, 7) is 0.752. The van der Waals surface area contributed by atoms with Crippen LogP contribution >= 0.6 is 27.5 Å². The van der Waals surface area contributed by atoms with Crippen LogP contribution in [0.1, 0.15) is 21.6 Å². The van der Waals surface area contributed by atoms with Gasteiger partial charge in [0.1, 0.15) is 10.8 Å². The van der Waals surface area contributed by atoms with Crippen molar-refractivity contribution in [3.63, 3.8) is 0 Å². The van der Waals surface area contributed by atoms with Crippen molar-refractivity contribution in [2.24, 2.45) is 0 Å². The number of aldehydes is 1. The molecule has 100 valence electrons. The van der Waals surface area contributed by atoms with E-state index in [1.54, 1.807) is 11.8 Å². The third-order valence-electron chi connectivity index (χ3n) is 2.68. The number of benzene rings is 1. The number of aromatic nitrogens is 2. The second-order valence-corrected chi connectivity index (χ2v) is 5.16. The van der Waals surface area contributed by atoms with Crippen LogP contribution in [-0.4, -0.2) is 23.2 Å². The minimum absolute atomic E-state index is 0.261. The number of nitrogens with zero attached hydrogens (tertiary/aromatic N) is 2. The topological polar surface area (TPSA) is 44.1 Å². The molecule has 0 aliphatic carbocycles. The average Bonchev–Trinajstić information content (AvgIpc) is 2.69. The molecule has 19 heavy (non-hydrogen) atoms. The van der Waals surface area contributed by atoms with Gasteiger partial charge in [0.25, 0.3) is 0 Å². The highest BCUT2D eigenvalue weighted by Crippen LogP contribution is 2.23. The fourth-order valence-electron chi connectivity index (χ4n) is 1.75. The van der Waals surface area contributed by atoms with Crippen LogP contribution in [0.5, 0.6) is 0 Å². The molecule has 4 nitrogen and oxygen atoms in total. The van der Waals surface area contributed by atoms with Gasteiger partial charge in [0, 0.05) is 11.6 Å². The Kier molecular flexibility index (Phi) is 4.74. The van der Waals surface area contributed by atoms with Gasteiger partial charge in [-0.2, -0.15) is 5.10 Å². The lowest BCUT2D eigenvalue weighted by Gasteiger charge is -2.05. The molecule has 0 atom stereocenters. The molecule has 1 aromatic carbocycles. The minimum Gasteiger partial charge on any atom is -0.378 e. The summed E-state index contributed by atoms with van der Waals surface area (Å²) in [6, 6.07) is 7.79. The van der Waals surface area contributed by atoms with E-state index in [0.29, 0.717) is 29.2 Å². The molecule has 0 bridgehead atoms. The summed E-state index contributed by atoms with van der Waals surface area (Å²) in [5, 5.41) is 4.65. The van der Waals surface area contributed by atoms with Crippen molar-refractivity contribution in [2.75, 3.05) is 7.11 Å². The van der Waals surface area contributed by atoms with Crippen molar-refractivity contribution < 1.29 is 9.53 Å². The average molecular weight is 344 g/mol. The maximum absolute atomic E-state index is 11.1. The molecular weight excluding hydrogens is 332 g/mol. The molecule has 0 radical (unpaired) electrons.